The van der Waals surface area contributed by atoms with Gasteiger partial charge in [-0.15, -0.1) is 0 Å². The number of rotatable bonds is 8. The lowest BCUT2D eigenvalue weighted by molar-refractivity contribution is -0.115. The summed E-state index contributed by atoms with van der Waals surface area (Å²) in [5.74, 6) is 0.990. The average molecular weight is 538 g/mol. The van der Waals surface area contributed by atoms with E-state index < -0.39 is 5.25 Å². The number of aryl methyl sites for hydroxylation is 3. The van der Waals surface area contributed by atoms with Gasteiger partial charge in [-0.3, -0.25) is 4.79 Å². The molecule has 0 unspecified atom stereocenters. The fraction of sp³-hybridized carbons (Fsp3) is 0.219. The van der Waals surface area contributed by atoms with E-state index in [4.69, 9.17) is 14.5 Å². The van der Waals surface area contributed by atoms with E-state index >= 15 is 0 Å². The Morgan fingerprint density at radius 1 is 0.897 bits per heavy atom. The largest absolute Gasteiger partial charge is 0.493 e. The molecular weight excluding hydrogens is 506 g/mol. The number of aromatic nitrogens is 1. The van der Waals surface area contributed by atoms with Crippen LogP contribution in [-0.4, -0.2) is 30.4 Å². The van der Waals surface area contributed by atoms with E-state index in [0.717, 1.165) is 33.5 Å². The molecule has 3 aromatic carbocycles. The highest BCUT2D eigenvalue weighted by molar-refractivity contribution is 8.00. The summed E-state index contributed by atoms with van der Waals surface area (Å²) in [6.07, 6.45) is 0. The minimum absolute atomic E-state index is 0.164. The number of hydrogen-bond acceptors (Lipinski definition) is 6. The van der Waals surface area contributed by atoms with Gasteiger partial charge in [0.2, 0.25) is 5.91 Å². The van der Waals surface area contributed by atoms with Crippen LogP contribution in [0.5, 0.6) is 11.5 Å². The Labute approximate surface area is 234 Å². The maximum atomic E-state index is 13.1. The van der Waals surface area contributed by atoms with Crippen molar-refractivity contribution >= 4 is 23.4 Å². The fourth-order valence-corrected chi connectivity index (χ4v) is 5.03. The molecule has 4 rings (SSSR count). The molecule has 39 heavy (non-hydrogen) atoms. The molecule has 0 radical (unpaired) electrons. The maximum Gasteiger partial charge on any atom is 0.237 e. The predicted molar refractivity (Wildman–Crippen MR) is 158 cm³/mol. The van der Waals surface area contributed by atoms with Gasteiger partial charge in [0.25, 0.3) is 0 Å². The van der Waals surface area contributed by atoms with Gasteiger partial charge in [-0.2, -0.15) is 5.26 Å². The van der Waals surface area contributed by atoms with E-state index in [9.17, 15) is 10.1 Å². The lowest BCUT2D eigenvalue weighted by Crippen LogP contribution is -2.22. The number of nitriles is 1. The van der Waals surface area contributed by atoms with Gasteiger partial charge >= 0.3 is 0 Å². The van der Waals surface area contributed by atoms with Gasteiger partial charge in [-0.1, -0.05) is 53.7 Å². The van der Waals surface area contributed by atoms with Crippen LogP contribution in [0, 0.1) is 32.1 Å². The summed E-state index contributed by atoms with van der Waals surface area (Å²) in [5, 5.41) is 13.2. The summed E-state index contributed by atoms with van der Waals surface area (Å²) in [6, 6.07) is 23.7. The number of thioether (sulfide) groups is 1. The third kappa shape index (κ3) is 6.24. The zero-order valence-corrected chi connectivity index (χ0v) is 23.8. The van der Waals surface area contributed by atoms with Crippen molar-refractivity contribution in [2.75, 3.05) is 19.5 Å². The molecular formula is C32H31N3O3S. The van der Waals surface area contributed by atoms with Gasteiger partial charge in [0.05, 0.1) is 30.7 Å². The van der Waals surface area contributed by atoms with Crippen LogP contribution < -0.4 is 14.8 Å². The number of carbonyl (C=O) groups is 1. The predicted octanol–water partition coefficient (Wildman–Crippen LogP) is 7.35. The molecule has 1 atom stereocenters. The highest BCUT2D eigenvalue weighted by Crippen LogP contribution is 2.39. The molecule has 1 heterocycles. The summed E-state index contributed by atoms with van der Waals surface area (Å²) >= 11 is 1.27. The zero-order valence-electron chi connectivity index (χ0n) is 23.0. The molecule has 1 aromatic heterocycles. The molecule has 0 spiro atoms. The maximum absolute atomic E-state index is 13.1. The molecule has 4 aromatic rings. The molecule has 0 aliphatic carbocycles. The average Bonchev–Trinajstić information content (AvgIpc) is 2.94. The Hall–Kier alpha value is -4.28. The molecule has 198 valence electrons. The Morgan fingerprint density at radius 3 is 2.23 bits per heavy atom. The molecule has 1 N–H and O–H groups in total. The van der Waals surface area contributed by atoms with Crippen molar-refractivity contribution in [1.82, 2.24) is 4.98 Å². The number of carbonyl (C=O) groups excluding carboxylic acids is 1. The Balaban J connectivity index is 1.77. The highest BCUT2D eigenvalue weighted by Gasteiger charge is 2.22. The number of nitrogens with one attached hydrogen (secondary N) is 1. The van der Waals surface area contributed by atoms with E-state index in [-0.39, 0.29) is 5.91 Å². The van der Waals surface area contributed by atoms with Crippen molar-refractivity contribution in [2.24, 2.45) is 0 Å². The second-order valence-corrected chi connectivity index (χ2v) is 10.7. The van der Waals surface area contributed by atoms with Gasteiger partial charge in [-0.25, -0.2) is 4.98 Å². The lowest BCUT2D eigenvalue weighted by atomic mass is 9.98. The standard InChI is InChI=1S/C32H31N3O3S/c1-19-7-10-23(11-8-19)28-17-26(24-12-14-29(37-5)30(16-24)38-6)27(18-33)32(35-28)39-22(4)31(36)34-25-13-9-20(2)21(3)15-25/h7-17,22H,1-6H3,(H,34,36)/t22-/m0/s1. The number of ether oxygens (including phenoxy) is 2. The number of methoxy groups -OCH3 is 2. The number of nitrogens with zero attached hydrogens (tertiary/aromatic N) is 2. The first-order valence-electron chi connectivity index (χ1n) is 12.5. The first-order chi connectivity index (χ1) is 18.7. The minimum atomic E-state index is -0.502. The van der Waals surface area contributed by atoms with Crippen molar-refractivity contribution in [3.8, 4) is 40.0 Å². The van der Waals surface area contributed by atoms with Gasteiger partial charge in [0.1, 0.15) is 11.1 Å². The van der Waals surface area contributed by atoms with E-state index in [1.165, 1.54) is 11.8 Å². The SMILES string of the molecule is COc1ccc(-c2cc(-c3ccc(C)cc3)nc(S[C@@H](C)C(=O)Nc3ccc(C)c(C)c3)c2C#N)cc1OC. The van der Waals surface area contributed by atoms with E-state index in [2.05, 4.69) is 11.4 Å². The van der Waals surface area contributed by atoms with Gasteiger partial charge in [-0.05, 0) is 74.7 Å². The third-order valence-corrected chi connectivity index (χ3v) is 7.66. The summed E-state index contributed by atoms with van der Waals surface area (Å²) in [4.78, 5) is 18.0. The van der Waals surface area contributed by atoms with Gasteiger partial charge < -0.3 is 14.8 Å². The first kappa shape index (κ1) is 27.7. The van der Waals surface area contributed by atoms with Crippen LogP contribution in [-0.2, 0) is 4.79 Å². The smallest absolute Gasteiger partial charge is 0.237 e. The topological polar surface area (TPSA) is 84.2 Å². The number of benzene rings is 3. The van der Waals surface area contributed by atoms with Crippen LogP contribution in [0.4, 0.5) is 5.69 Å². The van der Waals surface area contributed by atoms with E-state index in [1.54, 1.807) is 14.2 Å². The molecule has 6 nitrogen and oxygen atoms in total. The highest BCUT2D eigenvalue weighted by atomic mass is 32.2. The van der Waals surface area contributed by atoms with Gasteiger partial charge in [0, 0.05) is 16.8 Å². The molecule has 0 saturated heterocycles. The Kier molecular flexibility index (Phi) is 8.58. The van der Waals surface area contributed by atoms with E-state index in [1.807, 2.05) is 94.4 Å². The molecule has 0 saturated carbocycles. The monoisotopic (exact) mass is 537 g/mol. The van der Waals surface area contributed by atoms with Crippen molar-refractivity contribution in [1.29, 1.82) is 5.26 Å². The van der Waals surface area contributed by atoms with Crippen molar-refractivity contribution in [3.63, 3.8) is 0 Å². The Morgan fingerprint density at radius 2 is 1.59 bits per heavy atom. The zero-order chi connectivity index (χ0) is 28.1. The van der Waals surface area contributed by atoms with Crippen molar-refractivity contribution < 1.29 is 14.3 Å². The lowest BCUT2D eigenvalue weighted by Gasteiger charge is -2.17. The summed E-state index contributed by atoms with van der Waals surface area (Å²) in [5.41, 5.74) is 7.66. The van der Waals surface area contributed by atoms with Crippen LogP contribution in [0.2, 0.25) is 0 Å². The summed E-state index contributed by atoms with van der Waals surface area (Å²) in [6.45, 7) is 7.89. The minimum Gasteiger partial charge on any atom is -0.493 e. The molecule has 7 heteroatoms. The molecule has 0 bridgehead atoms. The van der Waals surface area contributed by atoms with Crippen LogP contribution >= 0.6 is 11.8 Å². The first-order valence-corrected chi connectivity index (χ1v) is 13.4. The molecule has 0 aliphatic rings. The molecule has 0 aliphatic heterocycles. The quantitative estimate of drug-likeness (QED) is 0.237. The third-order valence-electron chi connectivity index (χ3n) is 6.57. The second-order valence-electron chi connectivity index (χ2n) is 9.33. The number of hydrogen-bond donors (Lipinski definition) is 1. The second kappa shape index (κ2) is 12.1. The van der Waals surface area contributed by atoms with Gasteiger partial charge in [0.15, 0.2) is 11.5 Å². The van der Waals surface area contributed by atoms with E-state index in [0.29, 0.717) is 33.3 Å². The number of pyridine rings is 1. The summed E-state index contributed by atoms with van der Waals surface area (Å²) in [7, 11) is 3.16. The van der Waals surface area contributed by atoms with Crippen LogP contribution in [0.25, 0.3) is 22.4 Å². The van der Waals surface area contributed by atoms with Crippen molar-refractivity contribution in [2.45, 2.75) is 38.0 Å². The molecule has 0 fully saturated rings. The Bertz CT molecular complexity index is 1560. The van der Waals surface area contributed by atoms with Crippen LogP contribution in [0.15, 0.2) is 71.8 Å². The van der Waals surface area contributed by atoms with Crippen LogP contribution in [0.1, 0.15) is 29.2 Å². The normalized spacial score (nSPS) is 11.4. The number of anilines is 1. The molecule has 1 amide bonds. The van der Waals surface area contributed by atoms with Crippen LogP contribution in [0.3, 0.4) is 0 Å². The fourth-order valence-electron chi connectivity index (χ4n) is 4.10. The van der Waals surface area contributed by atoms with Crippen molar-refractivity contribution in [3.05, 3.63) is 89.0 Å². The number of amides is 1. The summed E-state index contributed by atoms with van der Waals surface area (Å²) < 4.78 is 10.9.